The van der Waals surface area contributed by atoms with Gasteiger partial charge in [-0.05, 0) is 38.5 Å². The molecule has 0 saturated heterocycles. The molecular weight excluding hydrogens is 314 g/mol. The second-order valence-corrected chi connectivity index (χ2v) is 5.65. The summed E-state index contributed by atoms with van der Waals surface area (Å²) in [7, 11) is 0. The Labute approximate surface area is 138 Å². The quantitative estimate of drug-likeness (QED) is 0.732. The van der Waals surface area contributed by atoms with Gasteiger partial charge >= 0.3 is 0 Å². The van der Waals surface area contributed by atoms with E-state index in [1.807, 2.05) is 39.0 Å². The van der Waals surface area contributed by atoms with E-state index in [0.717, 1.165) is 17.0 Å². The lowest BCUT2D eigenvalue weighted by Gasteiger charge is -2.11. The summed E-state index contributed by atoms with van der Waals surface area (Å²) >= 11 is 6.05. The van der Waals surface area contributed by atoms with Gasteiger partial charge in [-0.2, -0.15) is 0 Å². The van der Waals surface area contributed by atoms with Crippen LogP contribution in [0.3, 0.4) is 0 Å². The number of hydrogen-bond acceptors (Lipinski definition) is 6. The van der Waals surface area contributed by atoms with Gasteiger partial charge in [0.15, 0.2) is 5.82 Å². The van der Waals surface area contributed by atoms with E-state index in [1.54, 1.807) is 12.1 Å². The molecule has 0 aliphatic heterocycles. The fourth-order valence-electron chi connectivity index (χ4n) is 2.12. The van der Waals surface area contributed by atoms with E-state index in [0.29, 0.717) is 28.3 Å². The van der Waals surface area contributed by atoms with Crippen LogP contribution in [-0.4, -0.2) is 15.1 Å². The van der Waals surface area contributed by atoms with Gasteiger partial charge in [-0.25, -0.2) is 9.97 Å². The minimum absolute atomic E-state index is 0.602. The fraction of sp³-hybridized carbons (Fsp3) is 0.188. The van der Waals surface area contributed by atoms with Gasteiger partial charge in [0.2, 0.25) is 0 Å². The van der Waals surface area contributed by atoms with Crippen molar-refractivity contribution in [1.82, 2.24) is 15.1 Å². The molecule has 3 rings (SSSR count). The summed E-state index contributed by atoms with van der Waals surface area (Å²) in [6.07, 6.45) is 0. The van der Waals surface area contributed by atoms with E-state index in [1.165, 1.54) is 0 Å². The second-order valence-electron chi connectivity index (χ2n) is 5.22. The highest BCUT2D eigenvalue weighted by Crippen LogP contribution is 2.25. The minimum atomic E-state index is 0.602. The molecule has 1 aromatic carbocycles. The van der Waals surface area contributed by atoms with Gasteiger partial charge in [0, 0.05) is 22.8 Å². The molecule has 2 heterocycles. The number of nitrogens with zero attached hydrogens (tertiary/aromatic N) is 3. The van der Waals surface area contributed by atoms with E-state index in [2.05, 4.69) is 25.8 Å². The first kappa shape index (κ1) is 15.3. The van der Waals surface area contributed by atoms with Crippen LogP contribution in [0, 0.1) is 20.8 Å². The molecule has 23 heavy (non-hydrogen) atoms. The molecule has 2 N–H and O–H groups in total. The summed E-state index contributed by atoms with van der Waals surface area (Å²) in [5.41, 5.74) is 1.98. The Kier molecular flexibility index (Phi) is 4.16. The van der Waals surface area contributed by atoms with Crippen LogP contribution in [0.25, 0.3) is 0 Å². The topological polar surface area (TPSA) is 75.9 Å². The normalized spacial score (nSPS) is 10.6. The van der Waals surface area contributed by atoms with Gasteiger partial charge in [-0.3, -0.25) is 0 Å². The maximum Gasteiger partial charge on any atom is 0.175 e. The summed E-state index contributed by atoms with van der Waals surface area (Å²) in [6, 6.07) is 9.27. The highest BCUT2D eigenvalue weighted by molar-refractivity contribution is 6.30. The Balaban J connectivity index is 1.86. The predicted octanol–water partition coefficient (Wildman–Crippen LogP) is 4.53. The monoisotopic (exact) mass is 329 g/mol. The van der Waals surface area contributed by atoms with Crippen LogP contribution in [0.1, 0.15) is 17.1 Å². The number of halogens is 1. The van der Waals surface area contributed by atoms with E-state index in [9.17, 15) is 0 Å². The zero-order chi connectivity index (χ0) is 16.4. The average molecular weight is 330 g/mol. The Morgan fingerprint density at radius 3 is 2.35 bits per heavy atom. The first-order chi connectivity index (χ1) is 11.0. The molecule has 3 aromatic rings. The van der Waals surface area contributed by atoms with Crippen molar-refractivity contribution in [3.63, 3.8) is 0 Å². The lowest BCUT2D eigenvalue weighted by molar-refractivity contribution is 0.400. The molecule has 0 atom stereocenters. The molecule has 118 valence electrons. The Morgan fingerprint density at radius 1 is 0.913 bits per heavy atom. The maximum atomic E-state index is 6.05. The summed E-state index contributed by atoms with van der Waals surface area (Å²) in [5, 5.41) is 10.9. The molecule has 0 saturated carbocycles. The van der Waals surface area contributed by atoms with Crippen LogP contribution in [0.15, 0.2) is 34.9 Å². The van der Waals surface area contributed by atoms with Crippen molar-refractivity contribution in [3.05, 3.63) is 52.5 Å². The largest absolute Gasteiger partial charge is 0.360 e. The lowest BCUT2D eigenvalue weighted by Crippen LogP contribution is -2.02. The third-order valence-corrected chi connectivity index (χ3v) is 3.42. The molecule has 6 nitrogen and oxygen atoms in total. The standard InChI is InChI=1S/C16H16ClN5O/c1-9-4-5-12(17)7-13(9)20-14-8-15(19-11(3)18-14)21-16-6-10(2)23-22-16/h4-8H,1-3H3,(H2,18,19,20,21,22). The van der Waals surface area contributed by atoms with Crippen molar-refractivity contribution in [2.45, 2.75) is 20.8 Å². The number of aromatic nitrogens is 3. The minimum Gasteiger partial charge on any atom is -0.360 e. The molecule has 0 spiro atoms. The number of aryl methyl sites for hydroxylation is 3. The SMILES string of the molecule is Cc1nc(Nc2cc(C)on2)cc(Nc2cc(Cl)ccc2C)n1. The molecule has 7 heteroatoms. The van der Waals surface area contributed by atoms with Gasteiger partial charge in [0.25, 0.3) is 0 Å². The summed E-state index contributed by atoms with van der Waals surface area (Å²) in [5.74, 6) is 3.27. The third-order valence-electron chi connectivity index (χ3n) is 3.18. The van der Waals surface area contributed by atoms with Crippen LogP contribution < -0.4 is 10.6 Å². The number of nitrogens with one attached hydrogen (secondary N) is 2. The first-order valence-corrected chi connectivity index (χ1v) is 7.46. The van der Waals surface area contributed by atoms with E-state index in [-0.39, 0.29) is 0 Å². The van der Waals surface area contributed by atoms with Crippen molar-refractivity contribution in [2.75, 3.05) is 10.6 Å². The Bertz CT molecular complexity index is 846. The van der Waals surface area contributed by atoms with Crippen molar-refractivity contribution in [2.24, 2.45) is 0 Å². The molecule has 0 bridgehead atoms. The highest BCUT2D eigenvalue weighted by atomic mass is 35.5. The Morgan fingerprint density at radius 2 is 1.65 bits per heavy atom. The molecule has 0 unspecified atom stereocenters. The Hall–Kier alpha value is -2.60. The molecular formula is C16H16ClN5O. The van der Waals surface area contributed by atoms with Gasteiger partial charge in [0.05, 0.1) is 0 Å². The molecule has 0 aliphatic rings. The number of anilines is 4. The first-order valence-electron chi connectivity index (χ1n) is 7.09. The van der Waals surface area contributed by atoms with Crippen molar-refractivity contribution in [1.29, 1.82) is 0 Å². The molecule has 0 aliphatic carbocycles. The van der Waals surface area contributed by atoms with Crippen LogP contribution >= 0.6 is 11.6 Å². The molecule has 2 aromatic heterocycles. The van der Waals surface area contributed by atoms with Crippen LogP contribution in [0.2, 0.25) is 5.02 Å². The molecule has 0 radical (unpaired) electrons. The summed E-state index contributed by atoms with van der Waals surface area (Å²) < 4.78 is 5.04. The number of rotatable bonds is 4. The van der Waals surface area contributed by atoms with Gasteiger partial charge in [-0.1, -0.05) is 22.8 Å². The van der Waals surface area contributed by atoms with Crippen molar-refractivity contribution >= 4 is 34.7 Å². The summed E-state index contributed by atoms with van der Waals surface area (Å²) in [4.78, 5) is 8.75. The van der Waals surface area contributed by atoms with Gasteiger partial charge < -0.3 is 15.2 Å². The zero-order valence-corrected chi connectivity index (χ0v) is 13.8. The number of benzene rings is 1. The van der Waals surface area contributed by atoms with E-state index < -0.39 is 0 Å². The number of hydrogen-bond donors (Lipinski definition) is 2. The van der Waals surface area contributed by atoms with E-state index >= 15 is 0 Å². The summed E-state index contributed by atoms with van der Waals surface area (Å²) in [6.45, 7) is 5.66. The maximum absolute atomic E-state index is 6.05. The van der Waals surface area contributed by atoms with Crippen LogP contribution in [0.5, 0.6) is 0 Å². The second kappa shape index (κ2) is 6.26. The van der Waals surface area contributed by atoms with Crippen molar-refractivity contribution in [3.8, 4) is 0 Å². The molecule has 0 fully saturated rings. The lowest BCUT2D eigenvalue weighted by atomic mass is 10.2. The predicted molar refractivity (Wildman–Crippen MR) is 90.8 cm³/mol. The fourth-order valence-corrected chi connectivity index (χ4v) is 2.29. The zero-order valence-electron chi connectivity index (χ0n) is 13.0. The van der Waals surface area contributed by atoms with Gasteiger partial charge in [-0.15, -0.1) is 0 Å². The average Bonchev–Trinajstić information content (AvgIpc) is 2.87. The van der Waals surface area contributed by atoms with Crippen LogP contribution in [0.4, 0.5) is 23.1 Å². The molecule has 0 amide bonds. The smallest absolute Gasteiger partial charge is 0.175 e. The van der Waals surface area contributed by atoms with E-state index in [4.69, 9.17) is 16.1 Å². The van der Waals surface area contributed by atoms with Crippen molar-refractivity contribution < 1.29 is 4.52 Å². The highest BCUT2D eigenvalue weighted by Gasteiger charge is 2.07. The van der Waals surface area contributed by atoms with Gasteiger partial charge in [0.1, 0.15) is 23.2 Å². The van der Waals surface area contributed by atoms with Crippen LogP contribution in [-0.2, 0) is 0 Å². The third kappa shape index (κ3) is 3.78.